The summed E-state index contributed by atoms with van der Waals surface area (Å²) in [5, 5.41) is 7.73. The van der Waals surface area contributed by atoms with E-state index in [2.05, 4.69) is 15.6 Å². The van der Waals surface area contributed by atoms with Crippen LogP contribution >= 0.6 is 23.1 Å². The fourth-order valence-electron chi connectivity index (χ4n) is 2.12. The average Bonchev–Trinajstić information content (AvgIpc) is 3.10. The Hall–Kier alpha value is -2.39. The molecule has 0 unspecified atom stereocenters. The van der Waals surface area contributed by atoms with Gasteiger partial charge in [0.1, 0.15) is 0 Å². The van der Waals surface area contributed by atoms with Crippen molar-refractivity contribution in [1.29, 1.82) is 0 Å². The van der Waals surface area contributed by atoms with Crippen LogP contribution in [0.5, 0.6) is 0 Å². The van der Waals surface area contributed by atoms with Crippen molar-refractivity contribution in [2.75, 3.05) is 13.2 Å². The number of ether oxygens (including phenoxy) is 1. The predicted octanol–water partition coefficient (Wildman–Crippen LogP) is 3.53. The average molecular weight is 422 g/mol. The zero-order valence-corrected chi connectivity index (χ0v) is 17.5. The van der Waals surface area contributed by atoms with Gasteiger partial charge < -0.3 is 10.1 Å². The van der Waals surface area contributed by atoms with Crippen LogP contribution in [-0.2, 0) is 15.3 Å². The van der Waals surface area contributed by atoms with Crippen LogP contribution in [0.1, 0.15) is 40.8 Å². The van der Waals surface area contributed by atoms with Crippen LogP contribution in [0, 0.1) is 6.92 Å². The quantitative estimate of drug-likeness (QED) is 0.365. The number of aromatic nitrogens is 1. The van der Waals surface area contributed by atoms with Gasteiger partial charge in [-0.3, -0.25) is 10.1 Å². The van der Waals surface area contributed by atoms with Gasteiger partial charge in [-0.2, -0.15) is 0 Å². The molecule has 0 spiro atoms. The third-order valence-electron chi connectivity index (χ3n) is 3.55. The van der Waals surface area contributed by atoms with Gasteiger partial charge in [-0.25, -0.2) is 14.6 Å². The number of thiazole rings is 1. The number of benzene rings is 1. The second-order valence-corrected chi connectivity index (χ2v) is 8.02. The van der Waals surface area contributed by atoms with Crippen molar-refractivity contribution in [2.24, 2.45) is 0 Å². The minimum Gasteiger partial charge on any atom is -0.452 e. The van der Waals surface area contributed by atoms with Crippen molar-refractivity contribution in [2.45, 2.75) is 37.3 Å². The number of imide groups is 1. The smallest absolute Gasteiger partial charge is 0.338 e. The molecule has 0 bridgehead atoms. The van der Waals surface area contributed by atoms with E-state index in [9.17, 15) is 14.4 Å². The van der Waals surface area contributed by atoms with Crippen molar-refractivity contribution >= 4 is 41.0 Å². The van der Waals surface area contributed by atoms with Gasteiger partial charge in [-0.1, -0.05) is 13.3 Å². The molecule has 2 N–H and O–H groups in total. The highest BCUT2D eigenvalue weighted by molar-refractivity contribution is 7.98. The minimum atomic E-state index is -0.673. The third kappa shape index (κ3) is 7.69. The molecule has 1 heterocycles. The fraction of sp³-hybridized carbons (Fsp3) is 0.368. The lowest BCUT2D eigenvalue weighted by molar-refractivity contribution is -0.123. The molecule has 1 aromatic heterocycles. The number of urea groups is 1. The molecule has 0 saturated heterocycles. The first kappa shape index (κ1) is 21.9. The van der Waals surface area contributed by atoms with E-state index in [1.165, 1.54) is 0 Å². The molecule has 2 rings (SSSR count). The fourth-order valence-corrected chi connectivity index (χ4v) is 3.63. The summed E-state index contributed by atoms with van der Waals surface area (Å²) in [6.45, 7) is 3.94. The van der Waals surface area contributed by atoms with Crippen molar-refractivity contribution in [3.05, 3.63) is 45.9 Å². The van der Waals surface area contributed by atoms with Crippen LogP contribution < -0.4 is 10.6 Å². The maximum atomic E-state index is 12.0. The summed E-state index contributed by atoms with van der Waals surface area (Å²) in [6, 6.07) is 6.34. The number of thioether (sulfide) groups is 1. The molecule has 0 aliphatic carbocycles. The Morgan fingerprint density at radius 1 is 1.21 bits per heavy atom. The third-order valence-corrected chi connectivity index (χ3v) is 5.41. The van der Waals surface area contributed by atoms with Gasteiger partial charge >= 0.3 is 12.0 Å². The molecule has 0 fully saturated rings. The number of nitrogens with one attached hydrogen (secondary N) is 2. The number of carbonyl (C=O) groups is 3. The van der Waals surface area contributed by atoms with Gasteiger partial charge in [0, 0.05) is 22.6 Å². The topological polar surface area (TPSA) is 97.4 Å². The van der Waals surface area contributed by atoms with Crippen LogP contribution in [0.15, 0.2) is 34.5 Å². The van der Waals surface area contributed by atoms with Crippen molar-refractivity contribution in [1.82, 2.24) is 15.6 Å². The molecule has 2 aromatic rings. The van der Waals surface area contributed by atoms with E-state index in [4.69, 9.17) is 4.74 Å². The number of esters is 1. The zero-order chi connectivity index (χ0) is 20.4. The van der Waals surface area contributed by atoms with Gasteiger partial charge in [0.25, 0.3) is 5.91 Å². The van der Waals surface area contributed by atoms with E-state index in [1.54, 1.807) is 35.2 Å². The highest BCUT2D eigenvalue weighted by Gasteiger charge is 2.12. The second kappa shape index (κ2) is 11.5. The lowest BCUT2D eigenvalue weighted by Crippen LogP contribution is -2.41. The number of nitrogens with zero attached hydrogens (tertiary/aromatic N) is 1. The van der Waals surface area contributed by atoms with Gasteiger partial charge in [0.15, 0.2) is 6.61 Å². The Labute approximate surface area is 172 Å². The number of aryl methyl sites for hydroxylation is 1. The summed E-state index contributed by atoms with van der Waals surface area (Å²) >= 11 is 3.24. The summed E-state index contributed by atoms with van der Waals surface area (Å²) in [7, 11) is 0. The molecule has 9 heteroatoms. The molecule has 0 aliphatic rings. The number of hydrogen-bond donors (Lipinski definition) is 2. The van der Waals surface area contributed by atoms with Gasteiger partial charge in [-0.15, -0.1) is 23.1 Å². The normalized spacial score (nSPS) is 10.4. The molecule has 0 atom stereocenters. The van der Waals surface area contributed by atoms with E-state index < -0.39 is 24.5 Å². The standard InChI is InChI=1S/C19H23N3O4S2/c1-3-4-9-20-19(25)22-17(23)10-26-18(24)14-5-7-16(8-6-14)28-12-15-11-27-13(2)21-15/h5-8,11H,3-4,9-10,12H2,1-2H3,(H2,20,22,23,25). The number of hydrogen-bond acceptors (Lipinski definition) is 7. The van der Waals surface area contributed by atoms with Crippen LogP contribution in [0.2, 0.25) is 0 Å². The highest BCUT2D eigenvalue weighted by atomic mass is 32.2. The number of amides is 3. The Balaban J connectivity index is 1.73. The number of rotatable bonds is 9. The maximum Gasteiger partial charge on any atom is 0.338 e. The lowest BCUT2D eigenvalue weighted by Gasteiger charge is -2.07. The van der Waals surface area contributed by atoms with E-state index in [0.29, 0.717) is 12.1 Å². The number of carbonyl (C=O) groups excluding carboxylic acids is 3. The molecule has 3 amide bonds. The molecule has 0 aliphatic heterocycles. The predicted molar refractivity (Wildman–Crippen MR) is 110 cm³/mol. The van der Waals surface area contributed by atoms with Crippen molar-refractivity contribution < 1.29 is 19.1 Å². The summed E-state index contributed by atoms with van der Waals surface area (Å²) < 4.78 is 4.94. The monoisotopic (exact) mass is 421 g/mol. The van der Waals surface area contributed by atoms with Gasteiger partial charge in [0.2, 0.25) is 0 Å². The van der Waals surface area contributed by atoms with Gasteiger partial charge in [-0.05, 0) is 37.6 Å². The van der Waals surface area contributed by atoms with Crippen molar-refractivity contribution in [3.8, 4) is 0 Å². The van der Waals surface area contributed by atoms with E-state index in [-0.39, 0.29) is 0 Å². The molecule has 1 aromatic carbocycles. The SMILES string of the molecule is CCCCNC(=O)NC(=O)COC(=O)c1ccc(SCc2csc(C)n2)cc1. The van der Waals surface area contributed by atoms with Gasteiger partial charge in [0.05, 0.1) is 16.3 Å². The van der Waals surface area contributed by atoms with Crippen LogP contribution in [0.3, 0.4) is 0 Å². The zero-order valence-electron chi connectivity index (χ0n) is 15.8. The molecular formula is C19H23N3O4S2. The number of unbranched alkanes of at least 4 members (excludes halogenated alkanes) is 1. The maximum absolute atomic E-state index is 12.0. The van der Waals surface area contributed by atoms with E-state index in [0.717, 1.165) is 34.2 Å². The lowest BCUT2D eigenvalue weighted by atomic mass is 10.2. The highest BCUT2D eigenvalue weighted by Crippen LogP contribution is 2.24. The van der Waals surface area contributed by atoms with Crippen LogP contribution in [0.25, 0.3) is 0 Å². The summed E-state index contributed by atoms with van der Waals surface area (Å²) in [6.07, 6.45) is 1.77. The first-order chi connectivity index (χ1) is 13.5. The van der Waals surface area contributed by atoms with Crippen molar-refractivity contribution in [3.63, 3.8) is 0 Å². The second-order valence-electron chi connectivity index (χ2n) is 5.90. The van der Waals surface area contributed by atoms with E-state index >= 15 is 0 Å². The molecule has 28 heavy (non-hydrogen) atoms. The summed E-state index contributed by atoms with van der Waals surface area (Å²) in [5.74, 6) is -0.532. The molecule has 0 radical (unpaired) electrons. The first-order valence-electron chi connectivity index (χ1n) is 8.86. The summed E-state index contributed by atoms with van der Waals surface area (Å²) in [5.41, 5.74) is 1.37. The Morgan fingerprint density at radius 3 is 2.61 bits per heavy atom. The van der Waals surface area contributed by atoms with Crippen LogP contribution in [-0.4, -0.2) is 36.0 Å². The Kier molecular flexibility index (Phi) is 8.96. The molecule has 0 saturated carbocycles. The Morgan fingerprint density at radius 2 is 1.96 bits per heavy atom. The molecule has 150 valence electrons. The molecular weight excluding hydrogens is 398 g/mol. The van der Waals surface area contributed by atoms with E-state index in [1.807, 2.05) is 31.4 Å². The summed E-state index contributed by atoms with van der Waals surface area (Å²) in [4.78, 5) is 40.5. The first-order valence-corrected chi connectivity index (χ1v) is 10.7. The minimum absolute atomic E-state index is 0.342. The largest absolute Gasteiger partial charge is 0.452 e. The Bertz CT molecular complexity index is 806. The molecule has 7 nitrogen and oxygen atoms in total. The van der Waals surface area contributed by atoms with Crippen LogP contribution in [0.4, 0.5) is 4.79 Å².